The molecule has 5 aromatic carbocycles. The molecule has 7 nitrogen and oxygen atoms in total. The maximum atomic E-state index is 12.7. The van der Waals surface area contributed by atoms with E-state index >= 15 is 0 Å². The van der Waals surface area contributed by atoms with E-state index in [9.17, 15) is 4.79 Å². The summed E-state index contributed by atoms with van der Waals surface area (Å²) in [7, 11) is 1.55. The van der Waals surface area contributed by atoms with Gasteiger partial charge in [-0.05, 0) is 71.3 Å². The van der Waals surface area contributed by atoms with Crippen molar-refractivity contribution in [3.63, 3.8) is 0 Å². The van der Waals surface area contributed by atoms with Crippen molar-refractivity contribution < 1.29 is 14.3 Å². The third kappa shape index (κ3) is 7.32. The van der Waals surface area contributed by atoms with Gasteiger partial charge in [-0.1, -0.05) is 77.8 Å². The number of halogens is 1. The number of aromatic nitrogens is 1. The number of rotatable bonds is 10. The lowest BCUT2D eigenvalue weighted by Gasteiger charge is -2.13. The van der Waals surface area contributed by atoms with Crippen LogP contribution in [0.2, 0.25) is 5.02 Å². The zero-order valence-corrected chi connectivity index (χ0v) is 26.2. The van der Waals surface area contributed by atoms with Gasteiger partial charge in [-0.25, -0.2) is 10.4 Å². The summed E-state index contributed by atoms with van der Waals surface area (Å²) in [4.78, 5) is 17.4. The first-order chi connectivity index (χ1) is 21.9. The smallest absolute Gasteiger partial charge is 0.271 e. The molecule has 45 heavy (non-hydrogen) atoms. The molecule has 0 aliphatic rings. The largest absolute Gasteiger partial charge is 0.493 e. The SMILES string of the molecule is COc1cc(/C=N\NC(=O)c2ccc(-c3csc(Nc4ccc(C)cc4)n3)cc2)cc(Cl)c1OCc1ccc2ccccc2c1. The quantitative estimate of drug-likeness (QED) is 0.116. The van der Waals surface area contributed by atoms with Crippen LogP contribution in [-0.2, 0) is 6.61 Å². The number of thiazole rings is 1. The molecule has 6 rings (SSSR count). The summed E-state index contributed by atoms with van der Waals surface area (Å²) in [6, 6.07) is 33.2. The van der Waals surface area contributed by atoms with Crippen molar-refractivity contribution in [3.8, 4) is 22.8 Å². The van der Waals surface area contributed by atoms with Crippen LogP contribution in [0.15, 0.2) is 114 Å². The first kappa shape index (κ1) is 29.9. The number of amides is 1. The lowest BCUT2D eigenvalue weighted by Crippen LogP contribution is -2.17. The fraction of sp³-hybridized carbons (Fsp3) is 0.0833. The number of hydrogen-bond donors (Lipinski definition) is 2. The van der Waals surface area contributed by atoms with Crippen LogP contribution in [0.4, 0.5) is 10.8 Å². The number of anilines is 2. The van der Waals surface area contributed by atoms with E-state index in [4.69, 9.17) is 21.1 Å². The minimum Gasteiger partial charge on any atom is -0.493 e. The summed E-state index contributed by atoms with van der Waals surface area (Å²) in [5.74, 6) is 0.559. The van der Waals surface area contributed by atoms with Gasteiger partial charge in [0.2, 0.25) is 0 Å². The number of methoxy groups -OCH3 is 1. The minimum absolute atomic E-state index is 0.331. The van der Waals surface area contributed by atoms with Crippen LogP contribution in [0.25, 0.3) is 22.0 Å². The second kappa shape index (κ2) is 13.6. The summed E-state index contributed by atoms with van der Waals surface area (Å²) in [5, 5.41) is 12.9. The number of carbonyl (C=O) groups is 1. The van der Waals surface area contributed by atoms with Crippen LogP contribution < -0.4 is 20.2 Å². The highest BCUT2D eigenvalue weighted by Crippen LogP contribution is 2.37. The average Bonchev–Trinajstić information content (AvgIpc) is 3.53. The van der Waals surface area contributed by atoms with Crippen LogP contribution >= 0.6 is 22.9 Å². The zero-order valence-electron chi connectivity index (χ0n) is 24.6. The average molecular weight is 633 g/mol. The van der Waals surface area contributed by atoms with Gasteiger partial charge in [0.1, 0.15) is 6.61 Å². The lowest BCUT2D eigenvalue weighted by molar-refractivity contribution is 0.0955. The highest BCUT2D eigenvalue weighted by Gasteiger charge is 2.13. The Kier molecular flexibility index (Phi) is 9.05. The van der Waals surface area contributed by atoms with Crippen LogP contribution in [0.1, 0.15) is 27.0 Å². The summed E-state index contributed by atoms with van der Waals surface area (Å²) >= 11 is 8.08. The number of aryl methyl sites for hydroxylation is 1. The molecule has 6 aromatic rings. The molecule has 9 heteroatoms. The molecule has 0 aliphatic carbocycles. The van der Waals surface area contributed by atoms with Crippen molar-refractivity contribution in [1.82, 2.24) is 10.4 Å². The van der Waals surface area contributed by atoms with E-state index in [1.807, 2.05) is 47.8 Å². The maximum Gasteiger partial charge on any atom is 0.271 e. The van der Waals surface area contributed by atoms with Crippen LogP contribution in [0.3, 0.4) is 0 Å². The molecule has 0 radical (unpaired) electrons. The Morgan fingerprint density at radius 1 is 0.956 bits per heavy atom. The number of fused-ring (bicyclic) bond motifs is 1. The minimum atomic E-state index is -0.341. The maximum absolute atomic E-state index is 12.7. The van der Waals surface area contributed by atoms with Gasteiger partial charge in [0, 0.05) is 22.2 Å². The van der Waals surface area contributed by atoms with E-state index < -0.39 is 0 Å². The Hall–Kier alpha value is -5.18. The summed E-state index contributed by atoms with van der Waals surface area (Å²) in [5.41, 5.74) is 8.62. The molecule has 1 heterocycles. The van der Waals surface area contributed by atoms with Crippen molar-refractivity contribution in [2.24, 2.45) is 5.10 Å². The van der Waals surface area contributed by atoms with Gasteiger partial charge in [-0.3, -0.25) is 4.79 Å². The number of nitrogens with one attached hydrogen (secondary N) is 2. The fourth-order valence-corrected chi connectivity index (χ4v) is 5.70. The van der Waals surface area contributed by atoms with Crippen molar-refractivity contribution in [2.75, 3.05) is 12.4 Å². The van der Waals surface area contributed by atoms with Crippen molar-refractivity contribution in [3.05, 3.63) is 136 Å². The van der Waals surface area contributed by atoms with Crippen molar-refractivity contribution in [1.29, 1.82) is 0 Å². The zero-order chi connectivity index (χ0) is 31.2. The molecule has 224 valence electrons. The van der Waals surface area contributed by atoms with Gasteiger partial charge < -0.3 is 14.8 Å². The summed E-state index contributed by atoms with van der Waals surface area (Å²) in [6.07, 6.45) is 1.51. The van der Waals surface area contributed by atoms with Gasteiger partial charge in [0.25, 0.3) is 5.91 Å². The van der Waals surface area contributed by atoms with E-state index in [2.05, 4.69) is 64.1 Å². The second-order valence-corrected chi connectivity index (χ2v) is 11.6. The van der Waals surface area contributed by atoms with Gasteiger partial charge in [-0.15, -0.1) is 11.3 Å². The Labute approximate surface area is 270 Å². The predicted molar refractivity (Wildman–Crippen MR) is 183 cm³/mol. The Morgan fingerprint density at radius 2 is 1.73 bits per heavy atom. The third-order valence-corrected chi connectivity index (χ3v) is 8.12. The molecule has 1 amide bonds. The molecular formula is C36H29ClN4O3S. The Balaban J connectivity index is 1.06. The van der Waals surface area contributed by atoms with E-state index in [1.54, 1.807) is 31.4 Å². The predicted octanol–water partition coefficient (Wildman–Crippen LogP) is 9.02. The summed E-state index contributed by atoms with van der Waals surface area (Å²) in [6.45, 7) is 2.38. The van der Waals surface area contributed by atoms with Gasteiger partial charge in [-0.2, -0.15) is 5.10 Å². The molecule has 1 aromatic heterocycles. The van der Waals surface area contributed by atoms with Gasteiger partial charge in [0.05, 0.1) is 24.0 Å². The highest BCUT2D eigenvalue weighted by atomic mass is 35.5. The number of hydrogen-bond acceptors (Lipinski definition) is 7. The van der Waals surface area contributed by atoms with Crippen LogP contribution in [0.5, 0.6) is 11.5 Å². The molecule has 0 saturated carbocycles. The lowest BCUT2D eigenvalue weighted by atomic mass is 10.1. The third-order valence-electron chi connectivity index (χ3n) is 7.08. The summed E-state index contributed by atoms with van der Waals surface area (Å²) < 4.78 is 11.6. The topological polar surface area (TPSA) is 84.8 Å². The molecule has 0 bridgehead atoms. The standard InChI is InChI=1S/C36H29ClN4O3S/c1-23-7-15-30(16-8-23)39-36-40-32(22-45-36)27-11-13-28(14-12-27)35(42)41-38-20-25-18-31(37)34(33(19-25)43-2)44-21-24-9-10-26-5-3-4-6-29(26)17-24/h3-20,22H,21H2,1-2H3,(H,39,40)(H,41,42)/b38-20-. The van der Waals surface area contributed by atoms with Gasteiger partial charge in [0.15, 0.2) is 16.6 Å². The fourth-order valence-electron chi connectivity index (χ4n) is 4.68. The highest BCUT2D eigenvalue weighted by molar-refractivity contribution is 7.14. The number of nitrogens with zero attached hydrogens (tertiary/aromatic N) is 2. The molecule has 0 aliphatic heterocycles. The monoisotopic (exact) mass is 632 g/mol. The van der Waals surface area contributed by atoms with Crippen LogP contribution in [-0.4, -0.2) is 24.2 Å². The van der Waals surface area contributed by atoms with Crippen molar-refractivity contribution >= 4 is 56.7 Å². The van der Waals surface area contributed by atoms with E-state index in [0.29, 0.717) is 34.3 Å². The molecule has 0 unspecified atom stereocenters. The molecule has 0 saturated heterocycles. The molecule has 2 N–H and O–H groups in total. The number of benzene rings is 5. The normalized spacial score (nSPS) is 11.1. The van der Waals surface area contributed by atoms with E-state index in [-0.39, 0.29) is 5.91 Å². The van der Waals surface area contributed by atoms with E-state index in [0.717, 1.165) is 33.0 Å². The Morgan fingerprint density at radius 3 is 2.51 bits per heavy atom. The molecule has 0 atom stereocenters. The molecule has 0 spiro atoms. The number of hydrazone groups is 1. The number of ether oxygens (including phenoxy) is 2. The number of carbonyl (C=O) groups excluding carboxylic acids is 1. The van der Waals surface area contributed by atoms with Gasteiger partial charge >= 0.3 is 0 Å². The Bertz CT molecular complexity index is 1990. The molecular weight excluding hydrogens is 604 g/mol. The first-order valence-corrected chi connectivity index (χ1v) is 15.4. The van der Waals surface area contributed by atoms with Crippen LogP contribution in [0, 0.1) is 6.92 Å². The first-order valence-electron chi connectivity index (χ1n) is 14.2. The van der Waals surface area contributed by atoms with Crippen molar-refractivity contribution in [2.45, 2.75) is 13.5 Å². The second-order valence-electron chi connectivity index (χ2n) is 10.3. The molecule has 0 fully saturated rings. The van der Waals surface area contributed by atoms with E-state index in [1.165, 1.54) is 28.5 Å².